The van der Waals surface area contributed by atoms with Crippen LogP contribution in [-0.2, 0) is 4.74 Å². The van der Waals surface area contributed by atoms with E-state index in [0.29, 0.717) is 18.6 Å². The summed E-state index contributed by atoms with van der Waals surface area (Å²) in [6.45, 7) is 3.41. The smallest absolute Gasteiger partial charge is 0.252 e. The summed E-state index contributed by atoms with van der Waals surface area (Å²) in [5, 5.41) is 13.5. The summed E-state index contributed by atoms with van der Waals surface area (Å²) in [7, 11) is 0. The largest absolute Gasteiger partial charge is 0.395 e. The number of carbonyl (C=O) groups is 1. The molecule has 1 aliphatic heterocycles. The third-order valence-electron chi connectivity index (χ3n) is 3.16. The van der Waals surface area contributed by atoms with Gasteiger partial charge in [0.25, 0.3) is 5.91 Å². The number of aliphatic hydroxyl groups excluding tert-OH is 1. The van der Waals surface area contributed by atoms with Crippen LogP contribution in [-0.4, -0.2) is 36.4 Å². The zero-order valence-electron chi connectivity index (χ0n) is 11.6. The maximum absolute atomic E-state index is 12.2. The monoisotopic (exact) mass is 293 g/mol. The molecule has 108 valence electrons. The van der Waals surface area contributed by atoms with Crippen molar-refractivity contribution in [2.24, 2.45) is 0 Å². The van der Waals surface area contributed by atoms with Gasteiger partial charge in [-0.1, -0.05) is 11.8 Å². The van der Waals surface area contributed by atoms with Crippen molar-refractivity contribution in [3.63, 3.8) is 0 Å². The van der Waals surface area contributed by atoms with Gasteiger partial charge in [-0.05, 0) is 25.8 Å². The Morgan fingerprint density at radius 3 is 3.20 bits per heavy atom. The lowest BCUT2D eigenvalue weighted by Gasteiger charge is -2.34. The van der Waals surface area contributed by atoms with E-state index in [1.54, 1.807) is 6.07 Å². The van der Waals surface area contributed by atoms with Crippen molar-refractivity contribution in [2.45, 2.75) is 31.7 Å². The van der Waals surface area contributed by atoms with E-state index in [2.05, 4.69) is 17.2 Å². The number of ether oxygens (including phenoxy) is 1. The Balaban J connectivity index is 1.97. The molecule has 0 bridgehead atoms. The normalized spacial score (nSPS) is 21.9. The minimum atomic E-state index is -0.278. The molecule has 2 rings (SSSR count). The van der Waals surface area contributed by atoms with Gasteiger partial charge in [0.15, 0.2) is 0 Å². The molecule has 0 aliphatic carbocycles. The van der Waals surface area contributed by atoms with Crippen LogP contribution in [0.3, 0.4) is 0 Å². The summed E-state index contributed by atoms with van der Waals surface area (Å²) in [6.07, 6.45) is 2.36. The first-order valence-corrected chi connectivity index (χ1v) is 7.59. The molecule has 0 radical (unpaired) electrons. The standard InChI is InChI=1S/C15H19NO3S/c1-15(6-4-8-19-11-15)16-14(18)12-9-13(20-10-12)5-2-3-7-17/h9-10,17H,3-4,6-8,11H2,1H3,(H,16,18). The molecule has 0 saturated carbocycles. The zero-order valence-corrected chi connectivity index (χ0v) is 12.4. The van der Waals surface area contributed by atoms with Gasteiger partial charge in [-0.2, -0.15) is 0 Å². The summed E-state index contributed by atoms with van der Waals surface area (Å²) in [5.41, 5.74) is 0.357. The third-order valence-corrected chi connectivity index (χ3v) is 4.01. The Morgan fingerprint density at radius 1 is 1.65 bits per heavy atom. The minimum absolute atomic E-state index is 0.0596. The quantitative estimate of drug-likeness (QED) is 0.835. The van der Waals surface area contributed by atoms with Crippen molar-refractivity contribution in [1.82, 2.24) is 5.32 Å². The molecule has 4 nitrogen and oxygen atoms in total. The molecule has 1 amide bonds. The Hall–Kier alpha value is -1.35. The van der Waals surface area contributed by atoms with Crippen LogP contribution < -0.4 is 5.32 Å². The molecule has 0 aromatic carbocycles. The van der Waals surface area contributed by atoms with Crippen LogP contribution in [0.2, 0.25) is 0 Å². The van der Waals surface area contributed by atoms with Crippen molar-refractivity contribution in [3.05, 3.63) is 21.9 Å². The Labute approximate surface area is 123 Å². The number of hydrogen-bond donors (Lipinski definition) is 2. The van der Waals surface area contributed by atoms with Gasteiger partial charge in [-0.25, -0.2) is 0 Å². The summed E-state index contributed by atoms with van der Waals surface area (Å²) < 4.78 is 5.43. The van der Waals surface area contributed by atoms with E-state index in [1.165, 1.54) is 11.3 Å². The molecule has 1 aromatic heterocycles. The predicted octanol–water partition coefficient (Wildman–Crippen LogP) is 1.78. The van der Waals surface area contributed by atoms with E-state index >= 15 is 0 Å². The Morgan fingerprint density at radius 2 is 2.50 bits per heavy atom. The van der Waals surface area contributed by atoms with Crippen molar-refractivity contribution < 1.29 is 14.6 Å². The summed E-state index contributed by atoms with van der Waals surface area (Å²) in [4.78, 5) is 13.1. The summed E-state index contributed by atoms with van der Waals surface area (Å²) in [6, 6.07) is 1.79. The average molecular weight is 293 g/mol. The van der Waals surface area contributed by atoms with Crippen molar-refractivity contribution in [2.75, 3.05) is 19.8 Å². The molecule has 1 fully saturated rings. The fourth-order valence-corrected chi connectivity index (χ4v) is 2.86. The maximum atomic E-state index is 12.2. The van der Waals surface area contributed by atoms with Gasteiger partial charge < -0.3 is 15.2 Å². The average Bonchev–Trinajstić information content (AvgIpc) is 2.88. The number of thiophene rings is 1. The molecule has 2 N–H and O–H groups in total. The first-order valence-electron chi connectivity index (χ1n) is 6.71. The number of amides is 1. The van der Waals surface area contributed by atoms with E-state index in [-0.39, 0.29) is 18.1 Å². The molecule has 0 spiro atoms. The minimum Gasteiger partial charge on any atom is -0.395 e. The van der Waals surface area contributed by atoms with Gasteiger partial charge in [0.1, 0.15) is 0 Å². The van der Waals surface area contributed by atoms with Crippen molar-refractivity contribution >= 4 is 17.2 Å². The highest BCUT2D eigenvalue weighted by atomic mass is 32.1. The molecule has 1 aromatic rings. The number of hydrogen-bond acceptors (Lipinski definition) is 4. The molecule has 5 heteroatoms. The van der Waals surface area contributed by atoms with E-state index in [9.17, 15) is 4.79 Å². The first kappa shape index (κ1) is 15.0. The van der Waals surface area contributed by atoms with Crippen molar-refractivity contribution in [3.8, 4) is 11.8 Å². The second kappa shape index (κ2) is 6.89. The molecule has 2 heterocycles. The molecular formula is C15H19NO3S. The lowest BCUT2D eigenvalue weighted by atomic mass is 9.94. The third kappa shape index (κ3) is 4.07. The maximum Gasteiger partial charge on any atom is 0.252 e. The highest BCUT2D eigenvalue weighted by Crippen LogP contribution is 2.20. The molecule has 1 saturated heterocycles. The van der Waals surface area contributed by atoms with Crippen LogP contribution in [0.1, 0.15) is 41.4 Å². The SMILES string of the molecule is CC1(NC(=O)c2csc(C#CCCO)c2)CCCOC1. The van der Waals surface area contributed by atoms with E-state index < -0.39 is 0 Å². The van der Waals surface area contributed by atoms with Crippen LogP contribution in [0.4, 0.5) is 0 Å². The number of carbonyl (C=O) groups excluding carboxylic acids is 1. The highest BCUT2D eigenvalue weighted by molar-refractivity contribution is 7.10. The van der Waals surface area contributed by atoms with E-state index in [1.807, 2.05) is 12.3 Å². The van der Waals surface area contributed by atoms with Crippen LogP contribution in [0.15, 0.2) is 11.4 Å². The second-order valence-corrected chi connectivity index (χ2v) is 6.06. The number of rotatable bonds is 3. The number of aliphatic hydroxyl groups is 1. The first-order chi connectivity index (χ1) is 9.63. The van der Waals surface area contributed by atoms with Gasteiger partial charge in [0.05, 0.1) is 29.2 Å². The molecule has 1 atom stereocenters. The van der Waals surface area contributed by atoms with Gasteiger partial charge in [0.2, 0.25) is 0 Å². The van der Waals surface area contributed by atoms with Gasteiger partial charge in [-0.3, -0.25) is 4.79 Å². The van der Waals surface area contributed by atoms with Gasteiger partial charge in [-0.15, -0.1) is 11.3 Å². The fourth-order valence-electron chi connectivity index (χ4n) is 2.11. The van der Waals surface area contributed by atoms with E-state index in [4.69, 9.17) is 9.84 Å². The topological polar surface area (TPSA) is 58.6 Å². The summed E-state index contributed by atoms with van der Waals surface area (Å²) in [5.74, 6) is 5.71. The van der Waals surface area contributed by atoms with Crippen LogP contribution in [0.5, 0.6) is 0 Å². The molecule has 1 unspecified atom stereocenters. The van der Waals surface area contributed by atoms with Crippen LogP contribution in [0.25, 0.3) is 0 Å². The molecule has 1 aliphatic rings. The molecule has 20 heavy (non-hydrogen) atoms. The Kier molecular flexibility index (Phi) is 5.18. The van der Waals surface area contributed by atoms with Crippen LogP contribution in [0, 0.1) is 11.8 Å². The van der Waals surface area contributed by atoms with Gasteiger partial charge >= 0.3 is 0 Å². The van der Waals surface area contributed by atoms with Crippen molar-refractivity contribution in [1.29, 1.82) is 0 Å². The van der Waals surface area contributed by atoms with Crippen LogP contribution >= 0.6 is 11.3 Å². The molecular weight excluding hydrogens is 274 g/mol. The summed E-state index contributed by atoms with van der Waals surface area (Å²) >= 11 is 1.44. The zero-order chi connectivity index (χ0) is 14.4. The van der Waals surface area contributed by atoms with Gasteiger partial charge in [0, 0.05) is 18.4 Å². The predicted molar refractivity (Wildman–Crippen MR) is 78.8 cm³/mol. The fraction of sp³-hybridized carbons (Fsp3) is 0.533. The highest BCUT2D eigenvalue weighted by Gasteiger charge is 2.29. The Bertz CT molecular complexity index is 521. The number of nitrogens with one attached hydrogen (secondary N) is 1. The van der Waals surface area contributed by atoms with E-state index in [0.717, 1.165) is 24.3 Å². The lowest BCUT2D eigenvalue weighted by Crippen LogP contribution is -2.51. The lowest BCUT2D eigenvalue weighted by molar-refractivity contribution is 0.0273. The second-order valence-electron chi connectivity index (χ2n) is 5.15.